The molecule has 1 heterocycles. The summed E-state index contributed by atoms with van der Waals surface area (Å²) in [6.45, 7) is 1.70. The van der Waals surface area contributed by atoms with E-state index < -0.39 is 24.6 Å². The highest BCUT2D eigenvalue weighted by molar-refractivity contribution is 5.42. The molecule has 0 spiro atoms. The second kappa shape index (κ2) is 5.44. The Hall–Kier alpha value is -1.37. The van der Waals surface area contributed by atoms with Crippen LogP contribution in [0.15, 0.2) is 18.2 Å². The first-order valence-electron chi connectivity index (χ1n) is 6.51. The Labute approximate surface area is 119 Å². The fraction of sp³-hybridized carbons (Fsp3) is 0.571. The van der Waals surface area contributed by atoms with Crippen molar-refractivity contribution in [1.29, 1.82) is 0 Å². The molecule has 1 aliphatic rings. The van der Waals surface area contributed by atoms with E-state index in [9.17, 15) is 22.0 Å². The third-order valence-electron chi connectivity index (χ3n) is 3.81. The average molecular weight is 309 g/mol. The van der Waals surface area contributed by atoms with Crippen LogP contribution in [0, 0.1) is 0 Å². The molecule has 7 heteroatoms. The molecule has 0 radical (unpaired) electrons. The maximum atomic E-state index is 13.8. The van der Waals surface area contributed by atoms with Crippen molar-refractivity contribution in [1.82, 2.24) is 5.32 Å². The number of hydrogen-bond acceptors (Lipinski definition) is 2. The van der Waals surface area contributed by atoms with Gasteiger partial charge in [0, 0.05) is 13.1 Å². The van der Waals surface area contributed by atoms with E-state index in [4.69, 9.17) is 4.74 Å². The van der Waals surface area contributed by atoms with E-state index in [-0.39, 0.29) is 17.2 Å². The highest BCUT2D eigenvalue weighted by atomic mass is 19.4. The monoisotopic (exact) mass is 309 g/mol. The van der Waals surface area contributed by atoms with Crippen molar-refractivity contribution in [3.05, 3.63) is 29.3 Å². The maximum Gasteiger partial charge on any atom is 0.453 e. The summed E-state index contributed by atoms with van der Waals surface area (Å²) >= 11 is 0. The summed E-state index contributed by atoms with van der Waals surface area (Å²) < 4.78 is 70.8. The van der Waals surface area contributed by atoms with Gasteiger partial charge in [-0.3, -0.25) is 0 Å². The van der Waals surface area contributed by atoms with Crippen molar-refractivity contribution in [3.63, 3.8) is 0 Å². The van der Waals surface area contributed by atoms with E-state index in [0.717, 1.165) is 0 Å². The zero-order chi connectivity index (χ0) is 15.8. The van der Waals surface area contributed by atoms with Crippen LogP contribution < -0.4 is 10.1 Å². The lowest BCUT2D eigenvalue weighted by Crippen LogP contribution is -2.45. The smallest absolute Gasteiger partial charge is 0.453 e. The van der Waals surface area contributed by atoms with Crippen molar-refractivity contribution < 1.29 is 26.7 Å². The zero-order valence-corrected chi connectivity index (χ0v) is 11.6. The van der Waals surface area contributed by atoms with Gasteiger partial charge in [0.25, 0.3) is 0 Å². The van der Waals surface area contributed by atoms with Gasteiger partial charge in [0.15, 0.2) is 0 Å². The highest BCUT2D eigenvalue weighted by Crippen LogP contribution is 2.48. The van der Waals surface area contributed by atoms with E-state index in [0.29, 0.717) is 12.1 Å². The molecule has 2 rings (SSSR count). The fourth-order valence-electron chi connectivity index (χ4n) is 2.62. The molecule has 0 bridgehead atoms. The molecule has 2 unspecified atom stereocenters. The van der Waals surface area contributed by atoms with E-state index in [1.54, 1.807) is 19.1 Å². The van der Waals surface area contributed by atoms with E-state index in [1.807, 2.05) is 0 Å². The molecular formula is C14H16F5NO. The summed E-state index contributed by atoms with van der Waals surface area (Å²) in [5, 5.41) is 2.69. The number of fused-ring (bicyclic) bond motifs is 1. The zero-order valence-electron chi connectivity index (χ0n) is 11.6. The first-order valence-corrected chi connectivity index (χ1v) is 6.51. The minimum absolute atomic E-state index is 0.00539. The van der Waals surface area contributed by atoms with Crippen LogP contribution in [-0.4, -0.2) is 32.3 Å². The summed E-state index contributed by atoms with van der Waals surface area (Å²) in [4.78, 5) is 0. The van der Waals surface area contributed by atoms with Crippen molar-refractivity contribution in [2.75, 3.05) is 20.2 Å². The molecule has 1 aromatic carbocycles. The molecule has 1 aliphatic heterocycles. The number of benzene rings is 1. The van der Waals surface area contributed by atoms with E-state index in [1.165, 1.54) is 13.2 Å². The highest BCUT2D eigenvalue weighted by Gasteiger charge is 2.62. The lowest BCUT2D eigenvalue weighted by atomic mass is 9.85. The quantitative estimate of drug-likeness (QED) is 0.842. The third kappa shape index (κ3) is 2.84. The van der Waals surface area contributed by atoms with Gasteiger partial charge in [-0.2, -0.15) is 22.0 Å². The van der Waals surface area contributed by atoms with E-state index in [2.05, 4.69) is 5.32 Å². The molecule has 0 aromatic heterocycles. The summed E-state index contributed by atoms with van der Waals surface area (Å²) in [6.07, 6.45) is -5.59. The van der Waals surface area contributed by atoms with Gasteiger partial charge in [0.1, 0.15) is 5.75 Å². The summed E-state index contributed by atoms with van der Waals surface area (Å²) in [7, 11) is 1.34. The predicted molar refractivity (Wildman–Crippen MR) is 68.0 cm³/mol. The number of nitrogens with one attached hydrogen (secondary N) is 1. The Kier molecular flexibility index (Phi) is 4.15. The standard InChI is InChI=1S/C14H16F5NO/c1-8-6-20-7-12(13(15,16)14(17,18)19)11-5-9(21-2)3-4-10(8)11/h3-5,8,12,20H,6-7H2,1-2H3. The Balaban J connectivity index is 2.56. The minimum Gasteiger partial charge on any atom is -0.497 e. The van der Waals surface area contributed by atoms with Gasteiger partial charge in [-0.05, 0) is 29.2 Å². The van der Waals surface area contributed by atoms with Crippen molar-refractivity contribution in [2.45, 2.75) is 30.9 Å². The number of ether oxygens (including phenoxy) is 1. The molecule has 0 amide bonds. The predicted octanol–water partition coefficient (Wildman–Crippen LogP) is 3.68. The van der Waals surface area contributed by atoms with Gasteiger partial charge in [0.2, 0.25) is 0 Å². The molecule has 2 nitrogen and oxygen atoms in total. The minimum atomic E-state index is -5.59. The van der Waals surface area contributed by atoms with Crippen molar-refractivity contribution in [3.8, 4) is 5.75 Å². The molecule has 0 saturated heterocycles. The largest absolute Gasteiger partial charge is 0.497 e. The number of alkyl halides is 5. The number of methoxy groups -OCH3 is 1. The van der Waals surface area contributed by atoms with Crippen LogP contribution in [0.2, 0.25) is 0 Å². The van der Waals surface area contributed by atoms with Gasteiger partial charge in [-0.25, -0.2) is 0 Å². The van der Waals surface area contributed by atoms with Gasteiger partial charge in [0.05, 0.1) is 13.0 Å². The topological polar surface area (TPSA) is 21.3 Å². The number of hydrogen-bond donors (Lipinski definition) is 1. The van der Waals surface area contributed by atoms with Crippen LogP contribution in [0.1, 0.15) is 29.9 Å². The fourth-order valence-corrected chi connectivity index (χ4v) is 2.62. The van der Waals surface area contributed by atoms with Gasteiger partial charge < -0.3 is 10.1 Å². The van der Waals surface area contributed by atoms with Crippen molar-refractivity contribution >= 4 is 0 Å². The molecule has 1 N–H and O–H groups in total. The molecule has 0 fully saturated rings. The Morgan fingerprint density at radius 2 is 1.76 bits per heavy atom. The molecule has 118 valence electrons. The van der Waals surface area contributed by atoms with Crippen molar-refractivity contribution in [2.24, 2.45) is 0 Å². The number of rotatable bonds is 2. The van der Waals surface area contributed by atoms with Crippen LogP contribution in [-0.2, 0) is 0 Å². The maximum absolute atomic E-state index is 13.8. The van der Waals surface area contributed by atoms with E-state index >= 15 is 0 Å². The third-order valence-corrected chi connectivity index (χ3v) is 3.81. The Bertz CT molecular complexity index is 515. The van der Waals surface area contributed by atoms with Crippen LogP contribution >= 0.6 is 0 Å². The van der Waals surface area contributed by atoms with Gasteiger partial charge in [-0.15, -0.1) is 0 Å². The van der Waals surface area contributed by atoms with Gasteiger partial charge >= 0.3 is 12.1 Å². The second-order valence-corrected chi connectivity index (χ2v) is 5.23. The summed E-state index contributed by atoms with van der Waals surface area (Å²) in [5.41, 5.74) is 0.490. The molecular weight excluding hydrogens is 293 g/mol. The van der Waals surface area contributed by atoms with Gasteiger partial charge in [-0.1, -0.05) is 13.0 Å². The van der Waals surface area contributed by atoms with Crippen LogP contribution in [0.3, 0.4) is 0 Å². The number of halogens is 5. The molecule has 21 heavy (non-hydrogen) atoms. The normalized spacial score (nSPS) is 23.4. The average Bonchev–Trinajstić information content (AvgIpc) is 2.56. The summed E-state index contributed by atoms with van der Waals surface area (Å²) in [5.74, 6) is -6.65. The molecule has 1 aromatic rings. The lowest BCUT2D eigenvalue weighted by molar-refractivity contribution is -0.290. The van der Waals surface area contributed by atoms with Crippen LogP contribution in [0.5, 0.6) is 5.75 Å². The SMILES string of the molecule is COc1ccc2c(c1)C(C(F)(F)C(F)(F)F)CNCC2C. The first-order chi connectivity index (χ1) is 9.68. The second-order valence-electron chi connectivity index (χ2n) is 5.23. The first kappa shape index (κ1) is 16.0. The Morgan fingerprint density at radius 3 is 2.33 bits per heavy atom. The van der Waals surface area contributed by atoms with Crippen LogP contribution in [0.25, 0.3) is 0 Å². The summed E-state index contributed by atoms with van der Waals surface area (Å²) in [6, 6.07) is 4.41. The molecule has 2 atom stereocenters. The molecule has 0 saturated carbocycles. The molecule has 0 aliphatic carbocycles. The van der Waals surface area contributed by atoms with Crippen LogP contribution in [0.4, 0.5) is 22.0 Å². The Morgan fingerprint density at radius 1 is 1.10 bits per heavy atom. The lowest BCUT2D eigenvalue weighted by Gasteiger charge is -2.29.